The molecule has 0 spiro atoms. The van der Waals surface area contributed by atoms with Gasteiger partial charge in [0.25, 0.3) is 0 Å². The van der Waals surface area contributed by atoms with Crippen LogP contribution in [-0.4, -0.2) is 19.1 Å². The second-order valence-corrected chi connectivity index (χ2v) is 7.81. The van der Waals surface area contributed by atoms with Crippen LogP contribution in [0.25, 0.3) is 0 Å². The number of allylic oxidation sites excluding steroid dienone is 1. The molecule has 0 aromatic heterocycles. The van der Waals surface area contributed by atoms with Gasteiger partial charge in [0.15, 0.2) is 0 Å². The Balaban J connectivity index is 3.20. The molecule has 0 aliphatic rings. The maximum absolute atomic E-state index is 11.3. The van der Waals surface area contributed by atoms with Gasteiger partial charge >= 0.3 is 5.97 Å². The largest absolute Gasteiger partial charge is 0.463 e. The summed E-state index contributed by atoms with van der Waals surface area (Å²) < 4.78 is 4.89. The van der Waals surface area contributed by atoms with E-state index in [1.54, 1.807) is 0 Å². The number of ether oxygens (including phenoxy) is 1. The predicted molar refractivity (Wildman–Crippen MR) is 118 cm³/mol. The minimum atomic E-state index is -0.255. The van der Waals surface area contributed by atoms with Crippen molar-refractivity contribution in [2.24, 2.45) is 0 Å². The van der Waals surface area contributed by atoms with Crippen LogP contribution in [0, 0.1) is 0 Å². The Morgan fingerprint density at radius 1 is 0.704 bits per heavy atom. The third kappa shape index (κ3) is 21.2. The van der Waals surface area contributed by atoms with Crippen LogP contribution in [-0.2, 0) is 9.53 Å². The topological polar surface area (TPSA) is 38.3 Å². The number of esters is 1. The van der Waals surface area contributed by atoms with Gasteiger partial charge in [-0.1, -0.05) is 103 Å². The Labute approximate surface area is 169 Å². The highest BCUT2D eigenvalue weighted by molar-refractivity contribution is 5.82. The molecule has 27 heavy (non-hydrogen) atoms. The number of carbonyl (C=O) groups is 1. The molecule has 0 aromatic carbocycles. The van der Waals surface area contributed by atoms with E-state index in [9.17, 15) is 4.79 Å². The lowest BCUT2D eigenvalue weighted by Crippen LogP contribution is -2.14. The third-order valence-electron chi connectivity index (χ3n) is 5.06. The first-order valence-corrected chi connectivity index (χ1v) is 11.8. The predicted octanol–water partition coefficient (Wildman–Crippen LogP) is 7.30. The van der Waals surface area contributed by atoms with Crippen molar-refractivity contribution < 1.29 is 9.53 Å². The molecule has 0 amide bonds. The average molecular weight is 382 g/mol. The van der Waals surface area contributed by atoms with Crippen molar-refractivity contribution in [3.05, 3.63) is 11.8 Å². The summed E-state index contributed by atoms with van der Waals surface area (Å²) in [6.45, 7) is 7.41. The molecule has 0 saturated carbocycles. The van der Waals surface area contributed by atoms with Crippen LogP contribution in [0.1, 0.15) is 124 Å². The van der Waals surface area contributed by atoms with Gasteiger partial charge in [0.2, 0.25) is 0 Å². The van der Waals surface area contributed by atoms with Crippen molar-refractivity contribution >= 4 is 5.97 Å². The van der Waals surface area contributed by atoms with Gasteiger partial charge in [0.05, 0.1) is 6.61 Å². The smallest absolute Gasteiger partial charge is 0.332 e. The fourth-order valence-corrected chi connectivity index (χ4v) is 3.37. The normalized spacial score (nSPS) is 11.6. The fourth-order valence-electron chi connectivity index (χ4n) is 3.37. The fraction of sp³-hybridized carbons (Fsp3) is 0.875. The second kappa shape index (κ2) is 21.3. The van der Waals surface area contributed by atoms with E-state index < -0.39 is 0 Å². The van der Waals surface area contributed by atoms with Crippen molar-refractivity contribution in [2.75, 3.05) is 13.2 Å². The van der Waals surface area contributed by atoms with Gasteiger partial charge in [-0.3, -0.25) is 0 Å². The number of rotatable bonds is 20. The van der Waals surface area contributed by atoms with Crippen LogP contribution in [0.4, 0.5) is 0 Å². The van der Waals surface area contributed by atoms with Gasteiger partial charge in [0.1, 0.15) is 0 Å². The highest BCUT2D eigenvalue weighted by atomic mass is 16.5. The van der Waals surface area contributed by atoms with Crippen molar-refractivity contribution in [1.82, 2.24) is 5.32 Å². The van der Waals surface area contributed by atoms with Crippen molar-refractivity contribution in [2.45, 2.75) is 124 Å². The molecule has 160 valence electrons. The zero-order chi connectivity index (χ0) is 20.0. The first kappa shape index (κ1) is 26.0. The summed E-state index contributed by atoms with van der Waals surface area (Å²) in [5.41, 5.74) is 0.898. The second-order valence-electron chi connectivity index (χ2n) is 7.81. The average Bonchev–Trinajstić information content (AvgIpc) is 2.64. The van der Waals surface area contributed by atoms with E-state index >= 15 is 0 Å². The SMILES string of the molecule is CCCCCCCCCCCCCCCCCCN/C(C)=C/C(=O)OCC. The Morgan fingerprint density at radius 3 is 1.52 bits per heavy atom. The zero-order valence-corrected chi connectivity index (χ0v) is 18.6. The first-order valence-electron chi connectivity index (χ1n) is 11.8. The maximum atomic E-state index is 11.3. The molecule has 0 radical (unpaired) electrons. The van der Waals surface area contributed by atoms with Gasteiger partial charge in [-0.15, -0.1) is 0 Å². The van der Waals surface area contributed by atoms with Crippen LogP contribution in [0.15, 0.2) is 11.8 Å². The lowest BCUT2D eigenvalue weighted by molar-refractivity contribution is -0.137. The molecule has 0 rings (SSSR count). The Bertz CT molecular complexity index is 352. The van der Waals surface area contributed by atoms with E-state index in [0.717, 1.165) is 12.2 Å². The Morgan fingerprint density at radius 2 is 1.11 bits per heavy atom. The molecule has 0 saturated heterocycles. The lowest BCUT2D eigenvalue weighted by atomic mass is 10.0. The van der Waals surface area contributed by atoms with E-state index in [2.05, 4.69) is 12.2 Å². The molecule has 0 atom stereocenters. The molecular formula is C24H47NO2. The molecule has 0 aromatic rings. The number of nitrogens with one attached hydrogen (secondary N) is 1. The summed E-state index contributed by atoms with van der Waals surface area (Å²) in [6, 6.07) is 0. The van der Waals surface area contributed by atoms with Crippen LogP contribution in [0.3, 0.4) is 0 Å². The van der Waals surface area contributed by atoms with Crippen LogP contribution in [0.5, 0.6) is 0 Å². The number of hydrogen-bond donors (Lipinski definition) is 1. The van der Waals surface area contributed by atoms with Gasteiger partial charge < -0.3 is 10.1 Å². The molecule has 0 fully saturated rings. The minimum absolute atomic E-state index is 0.255. The standard InChI is InChI=1S/C24H47NO2/c1-4-6-7-8-9-10-11-12-13-14-15-16-17-18-19-20-21-25-23(3)22-24(26)27-5-2/h22,25H,4-21H2,1-3H3/b23-22+. The number of unbranched alkanes of at least 4 members (excludes halogenated alkanes) is 15. The van der Waals surface area contributed by atoms with Gasteiger partial charge in [-0.25, -0.2) is 4.79 Å². The van der Waals surface area contributed by atoms with E-state index in [4.69, 9.17) is 4.74 Å². The Kier molecular flexibility index (Phi) is 20.5. The molecule has 0 heterocycles. The van der Waals surface area contributed by atoms with E-state index in [1.807, 2.05) is 13.8 Å². The van der Waals surface area contributed by atoms with Gasteiger partial charge in [-0.05, 0) is 20.3 Å². The highest BCUT2D eigenvalue weighted by Gasteiger charge is 1.98. The van der Waals surface area contributed by atoms with Crippen molar-refractivity contribution in [3.63, 3.8) is 0 Å². The maximum Gasteiger partial charge on any atom is 0.332 e. The van der Waals surface area contributed by atoms with Crippen molar-refractivity contribution in [1.29, 1.82) is 0 Å². The first-order chi connectivity index (χ1) is 13.2. The monoisotopic (exact) mass is 381 g/mol. The molecule has 0 unspecified atom stereocenters. The summed E-state index contributed by atoms with van der Waals surface area (Å²) in [5, 5.41) is 3.28. The van der Waals surface area contributed by atoms with Crippen LogP contribution < -0.4 is 5.32 Å². The van der Waals surface area contributed by atoms with Crippen LogP contribution in [0.2, 0.25) is 0 Å². The number of hydrogen-bond acceptors (Lipinski definition) is 3. The lowest BCUT2D eigenvalue weighted by Gasteiger charge is -2.06. The zero-order valence-electron chi connectivity index (χ0n) is 18.6. The molecular weight excluding hydrogens is 334 g/mol. The summed E-state index contributed by atoms with van der Waals surface area (Å²) in [6.07, 6.45) is 23.8. The van der Waals surface area contributed by atoms with Gasteiger partial charge in [0, 0.05) is 18.3 Å². The summed E-state index contributed by atoms with van der Waals surface area (Å²) in [7, 11) is 0. The van der Waals surface area contributed by atoms with E-state index in [1.165, 1.54) is 109 Å². The van der Waals surface area contributed by atoms with Crippen LogP contribution >= 0.6 is 0 Å². The van der Waals surface area contributed by atoms with Gasteiger partial charge in [-0.2, -0.15) is 0 Å². The molecule has 0 bridgehead atoms. The molecule has 3 nitrogen and oxygen atoms in total. The molecule has 0 aliphatic heterocycles. The summed E-state index contributed by atoms with van der Waals surface area (Å²) in [5.74, 6) is -0.255. The molecule has 3 heteroatoms. The highest BCUT2D eigenvalue weighted by Crippen LogP contribution is 2.13. The number of carbonyl (C=O) groups excluding carboxylic acids is 1. The Hall–Kier alpha value is -0.990. The minimum Gasteiger partial charge on any atom is -0.463 e. The molecule has 0 aliphatic carbocycles. The summed E-state index contributed by atoms with van der Waals surface area (Å²) in [4.78, 5) is 11.3. The van der Waals surface area contributed by atoms with Crippen molar-refractivity contribution in [3.8, 4) is 0 Å². The quantitative estimate of drug-likeness (QED) is 0.136. The summed E-state index contributed by atoms with van der Waals surface area (Å²) >= 11 is 0. The van der Waals surface area contributed by atoms with E-state index in [-0.39, 0.29) is 5.97 Å². The van der Waals surface area contributed by atoms with E-state index in [0.29, 0.717) is 6.61 Å². The third-order valence-corrected chi connectivity index (χ3v) is 5.06. The molecule has 1 N–H and O–H groups in total.